The molecule has 1 saturated carbocycles. The molecule has 1 fully saturated rings. The minimum absolute atomic E-state index is 0.140. The number of carbonyl (C=O) groups excluding carboxylic acids is 2. The number of esters is 2. The molecule has 1 aliphatic carbocycles. The molecule has 1 aliphatic rings. The molecule has 6 atom stereocenters. The van der Waals surface area contributed by atoms with Crippen LogP contribution in [0.25, 0.3) is 0 Å². The summed E-state index contributed by atoms with van der Waals surface area (Å²) in [6.07, 6.45) is 9.75. The quantitative estimate of drug-likeness (QED) is 0.245. The Morgan fingerprint density at radius 3 is 1.73 bits per heavy atom. The highest BCUT2D eigenvalue weighted by atomic mass is 16.6. The van der Waals surface area contributed by atoms with E-state index >= 15 is 0 Å². The Balaban J connectivity index is 2.69. The van der Waals surface area contributed by atoms with Crippen LogP contribution < -0.4 is 0 Å². The summed E-state index contributed by atoms with van der Waals surface area (Å²) in [5.41, 5.74) is 0. The van der Waals surface area contributed by atoms with E-state index < -0.39 is 0 Å². The molecule has 1 rings (SSSR count). The van der Waals surface area contributed by atoms with Crippen molar-refractivity contribution in [1.29, 1.82) is 0 Å². The average Bonchev–Trinajstić information content (AvgIpc) is 2.72. The van der Waals surface area contributed by atoms with Gasteiger partial charge in [-0.15, -0.1) is 0 Å². The van der Waals surface area contributed by atoms with Crippen molar-refractivity contribution >= 4 is 11.9 Å². The first-order valence-electron chi connectivity index (χ1n) is 13.8. The molecule has 0 bridgehead atoms. The molecule has 0 aliphatic heterocycles. The van der Waals surface area contributed by atoms with Crippen molar-refractivity contribution in [2.24, 2.45) is 41.4 Å². The van der Waals surface area contributed by atoms with Gasteiger partial charge < -0.3 is 9.47 Å². The molecule has 6 unspecified atom stereocenters. The van der Waals surface area contributed by atoms with Gasteiger partial charge in [0.1, 0.15) is 12.2 Å². The third-order valence-electron chi connectivity index (χ3n) is 7.83. The van der Waals surface area contributed by atoms with Gasteiger partial charge in [-0.25, -0.2) is 0 Å². The number of hydrogen-bond acceptors (Lipinski definition) is 4. The molecule has 4 heteroatoms. The van der Waals surface area contributed by atoms with E-state index in [4.69, 9.17) is 9.47 Å². The van der Waals surface area contributed by atoms with Crippen molar-refractivity contribution in [2.75, 3.05) is 0 Å². The summed E-state index contributed by atoms with van der Waals surface area (Å²) in [6, 6.07) is 0. The van der Waals surface area contributed by atoms with Gasteiger partial charge in [-0.1, -0.05) is 87.0 Å². The van der Waals surface area contributed by atoms with Crippen LogP contribution >= 0.6 is 0 Å². The van der Waals surface area contributed by atoms with Gasteiger partial charge in [-0.05, 0) is 62.7 Å². The first kappa shape index (κ1) is 30.0. The Hall–Kier alpha value is -1.06. The number of ether oxygens (including phenoxy) is 2. The number of rotatable bonds is 14. The van der Waals surface area contributed by atoms with E-state index in [0.717, 1.165) is 37.5 Å². The van der Waals surface area contributed by atoms with Crippen LogP contribution in [0.5, 0.6) is 0 Å². The molecule has 0 radical (unpaired) electrons. The topological polar surface area (TPSA) is 52.6 Å². The normalized spacial score (nSPS) is 24.1. The largest absolute Gasteiger partial charge is 0.462 e. The summed E-state index contributed by atoms with van der Waals surface area (Å²) in [5, 5.41) is 0. The van der Waals surface area contributed by atoms with Crippen LogP contribution in [-0.4, -0.2) is 24.1 Å². The van der Waals surface area contributed by atoms with Crippen molar-refractivity contribution in [3.05, 3.63) is 0 Å². The zero-order valence-corrected chi connectivity index (χ0v) is 23.2. The van der Waals surface area contributed by atoms with Crippen molar-refractivity contribution in [3.63, 3.8) is 0 Å². The molecule has 0 aromatic heterocycles. The highest BCUT2D eigenvalue weighted by Crippen LogP contribution is 2.39. The van der Waals surface area contributed by atoms with Gasteiger partial charge >= 0.3 is 11.9 Å². The fourth-order valence-electron chi connectivity index (χ4n) is 4.65. The maximum Gasteiger partial charge on any atom is 0.310 e. The van der Waals surface area contributed by atoms with E-state index in [-0.39, 0.29) is 47.8 Å². The fourth-order valence-corrected chi connectivity index (χ4v) is 4.65. The molecule has 0 amide bonds. The summed E-state index contributed by atoms with van der Waals surface area (Å²) in [5.74, 6) is 1.40. The van der Waals surface area contributed by atoms with Crippen LogP contribution in [0.3, 0.4) is 0 Å². The Kier molecular flexibility index (Phi) is 13.7. The van der Waals surface area contributed by atoms with Gasteiger partial charge in [0.05, 0.1) is 11.8 Å². The zero-order chi connectivity index (χ0) is 25.1. The zero-order valence-electron chi connectivity index (χ0n) is 23.2. The number of hydrogen-bond donors (Lipinski definition) is 0. The molecule has 0 aromatic carbocycles. The molecule has 33 heavy (non-hydrogen) atoms. The first-order valence-corrected chi connectivity index (χ1v) is 13.8. The first-order chi connectivity index (χ1) is 15.4. The van der Waals surface area contributed by atoms with Crippen LogP contribution in [-0.2, 0) is 19.1 Å². The van der Waals surface area contributed by atoms with Crippen molar-refractivity contribution in [1.82, 2.24) is 0 Å². The van der Waals surface area contributed by atoms with Crippen LogP contribution in [0.15, 0.2) is 0 Å². The summed E-state index contributed by atoms with van der Waals surface area (Å²) < 4.78 is 11.5. The third-order valence-corrected chi connectivity index (χ3v) is 7.83. The lowest BCUT2D eigenvalue weighted by Crippen LogP contribution is -2.40. The summed E-state index contributed by atoms with van der Waals surface area (Å²) in [6.45, 7) is 19.1. The maximum atomic E-state index is 13.1. The predicted octanol–water partition coefficient (Wildman–Crippen LogP) is 7.83. The van der Waals surface area contributed by atoms with E-state index in [1.165, 1.54) is 32.1 Å². The average molecular weight is 467 g/mol. The van der Waals surface area contributed by atoms with Gasteiger partial charge in [0.15, 0.2) is 0 Å². The lowest BCUT2D eigenvalue weighted by atomic mass is 9.72. The van der Waals surface area contributed by atoms with Gasteiger partial charge in [-0.2, -0.15) is 0 Å². The summed E-state index contributed by atoms with van der Waals surface area (Å²) >= 11 is 0. The predicted molar refractivity (Wildman–Crippen MR) is 137 cm³/mol. The lowest BCUT2D eigenvalue weighted by Gasteiger charge is -2.35. The highest BCUT2D eigenvalue weighted by Gasteiger charge is 2.42. The van der Waals surface area contributed by atoms with E-state index in [1.54, 1.807) is 0 Å². The van der Waals surface area contributed by atoms with Crippen LogP contribution in [0.1, 0.15) is 120 Å². The molecule has 0 aromatic rings. The van der Waals surface area contributed by atoms with Gasteiger partial charge in [0.2, 0.25) is 0 Å². The van der Waals surface area contributed by atoms with E-state index in [0.29, 0.717) is 5.92 Å². The number of carbonyl (C=O) groups is 2. The van der Waals surface area contributed by atoms with Gasteiger partial charge in [-0.3, -0.25) is 9.59 Å². The molecule has 0 spiro atoms. The second kappa shape index (κ2) is 15.0. The molecular weight excluding hydrogens is 412 g/mol. The van der Waals surface area contributed by atoms with E-state index in [1.807, 2.05) is 13.8 Å². The van der Waals surface area contributed by atoms with Gasteiger partial charge in [0.25, 0.3) is 0 Å². The smallest absolute Gasteiger partial charge is 0.310 e. The highest BCUT2D eigenvalue weighted by molar-refractivity contribution is 5.82. The minimum atomic E-state index is -0.375. The molecule has 0 heterocycles. The van der Waals surface area contributed by atoms with Gasteiger partial charge in [0, 0.05) is 0 Å². The summed E-state index contributed by atoms with van der Waals surface area (Å²) in [4.78, 5) is 26.1. The second-order valence-corrected chi connectivity index (χ2v) is 12.0. The van der Waals surface area contributed by atoms with Crippen molar-refractivity contribution in [3.8, 4) is 0 Å². The molecule has 4 nitrogen and oxygen atoms in total. The Labute approximate surface area is 205 Å². The lowest BCUT2D eigenvalue weighted by molar-refractivity contribution is -0.171. The van der Waals surface area contributed by atoms with E-state index in [9.17, 15) is 9.59 Å². The molecule has 194 valence electrons. The van der Waals surface area contributed by atoms with Crippen LogP contribution in [0, 0.1) is 41.4 Å². The Bertz CT molecular complexity index is 568. The van der Waals surface area contributed by atoms with Crippen molar-refractivity contribution in [2.45, 2.75) is 132 Å². The molecule has 0 saturated heterocycles. The molecule has 0 N–H and O–H groups in total. The third kappa shape index (κ3) is 11.3. The minimum Gasteiger partial charge on any atom is -0.462 e. The Morgan fingerprint density at radius 2 is 1.21 bits per heavy atom. The Morgan fingerprint density at radius 1 is 0.697 bits per heavy atom. The molecular formula is C29H54O4. The summed E-state index contributed by atoms with van der Waals surface area (Å²) in [7, 11) is 0. The van der Waals surface area contributed by atoms with Crippen LogP contribution in [0.2, 0.25) is 0 Å². The SMILES string of the molecule is CC(C)CCCC(C)CCCC1CCC(C(=O)OC(C)C(C)C)C(C(=O)OC(C)C(C)C)C1. The standard InChI is InChI=1S/C29H54O4/c1-19(2)12-10-13-22(7)14-11-15-25-16-17-26(28(30)32-23(8)20(3)4)27(18-25)29(31)33-24(9)21(5)6/h19-27H,10-18H2,1-9H3. The fraction of sp³-hybridized carbons (Fsp3) is 0.931. The second-order valence-electron chi connectivity index (χ2n) is 12.0. The monoisotopic (exact) mass is 466 g/mol. The van der Waals surface area contributed by atoms with Crippen LogP contribution in [0.4, 0.5) is 0 Å². The van der Waals surface area contributed by atoms with Crippen molar-refractivity contribution < 1.29 is 19.1 Å². The van der Waals surface area contributed by atoms with E-state index in [2.05, 4.69) is 48.5 Å². The maximum absolute atomic E-state index is 13.1.